The van der Waals surface area contributed by atoms with Crippen LogP contribution in [0.25, 0.3) is 0 Å². The highest BCUT2D eigenvalue weighted by Gasteiger charge is 2.31. The van der Waals surface area contributed by atoms with Crippen molar-refractivity contribution in [3.05, 3.63) is 65.5 Å². The van der Waals surface area contributed by atoms with Gasteiger partial charge in [0.15, 0.2) is 0 Å². The van der Waals surface area contributed by atoms with Crippen LogP contribution in [0.2, 0.25) is 0 Å². The summed E-state index contributed by atoms with van der Waals surface area (Å²) in [5, 5.41) is 9.79. The molecule has 4 rings (SSSR count). The summed E-state index contributed by atoms with van der Waals surface area (Å²) in [4.78, 5) is 24.2. The van der Waals surface area contributed by atoms with E-state index in [2.05, 4.69) is 45.1 Å². The number of carbonyl (C=O) groups is 1. The first-order chi connectivity index (χ1) is 15.2. The highest BCUT2D eigenvalue weighted by molar-refractivity contribution is 5.77. The number of amides is 1. The lowest BCUT2D eigenvalue weighted by Crippen LogP contribution is -2.50. The maximum Gasteiger partial charge on any atom is 0.224 e. The van der Waals surface area contributed by atoms with Crippen molar-refractivity contribution in [3.8, 4) is 6.07 Å². The second-order valence-corrected chi connectivity index (χ2v) is 8.50. The molecule has 0 saturated carbocycles. The summed E-state index contributed by atoms with van der Waals surface area (Å²) in [5.74, 6) is 0.214. The summed E-state index contributed by atoms with van der Waals surface area (Å²) in [7, 11) is 0. The number of aromatic nitrogens is 1. The zero-order chi connectivity index (χ0) is 21.6. The SMILES string of the molecule is Cc1ncccc1C(C#N)N1CCN(C(=O)CC(c2ccccc2)N2CCCC2)CC1. The molecule has 0 spiro atoms. The molecule has 2 unspecified atom stereocenters. The molecule has 6 heteroatoms. The van der Waals surface area contributed by atoms with E-state index >= 15 is 0 Å². The average molecular weight is 418 g/mol. The number of piperazine rings is 1. The van der Waals surface area contributed by atoms with Gasteiger partial charge in [-0.15, -0.1) is 0 Å². The minimum Gasteiger partial charge on any atom is -0.340 e. The van der Waals surface area contributed by atoms with Crippen LogP contribution < -0.4 is 0 Å². The van der Waals surface area contributed by atoms with Gasteiger partial charge >= 0.3 is 0 Å². The Balaban J connectivity index is 1.39. The Hall–Kier alpha value is -2.75. The number of rotatable bonds is 6. The molecule has 0 N–H and O–H groups in total. The Morgan fingerprint density at radius 3 is 2.35 bits per heavy atom. The Bertz CT molecular complexity index is 911. The maximum absolute atomic E-state index is 13.2. The van der Waals surface area contributed by atoms with Crippen molar-refractivity contribution in [2.24, 2.45) is 0 Å². The lowest BCUT2D eigenvalue weighted by Gasteiger charge is -2.38. The molecule has 6 nitrogen and oxygen atoms in total. The van der Waals surface area contributed by atoms with E-state index in [1.807, 2.05) is 30.0 Å². The van der Waals surface area contributed by atoms with Crippen molar-refractivity contribution in [2.75, 3.05) is 39.3 Å². The van der Waals surface area contributed by atoms with E-state index < -0.39 is 0 Å². The molecular formula is C25H31N5O. The molecule has 2 fully saturated rings. The Labute approximate surface area is 185 Å². The van der Waals surface area contributed by atoms with Crippen LogP contribution in [0.15, 0.2) is 48.7 Å². The first kappa shape index (κ1) is 21.5. The Morgan fingerprint density at radius 2 is 1.71 bits per heavy atom. The third-order valence-electron chi connectivity index (χ3n) is 6.63. The number of carbonyl (C=O) groups excluding carboxylic acids is 1. The van der Waals surface area contributed by atoms with Gasteiger partial charge in [-0.3, -0.25) is 19.6 Å². The molecule has 162 valence electrons. The number of nitriles is 1. The first-order valence-electron chi connectivity index (χ1n) is 11.3. The molecule has 0 bridgehead atoms. The number of aryl methyl sites for hydroxylation is 1. The molecule has 3 heterocycles. The predicted molar refractivity (Wildman–Crippen MR) is 120 cm³/mol. The summed E-state index contributed by atoms with van der Waals surface area (Å²) >= 11 is 0. The third kappa shape index (κ3) is 4.95. The summed E-state index contributed by atoms with van der Waals surface area (Å²) in [5.41, 5.74) is 3.08. The van der Waals surface area contributed by atoms with E-state index in [0.717, 1.165) is 24.3 Å². The smallest absolute Gasteiger partial charge is 0.224 e. The second kappa shape index (κ2) is 10.0. The fraction of sp³-hybridized carbons (Fsp3) is 0.480. The molecule has 1 aromatic heterocycles. The van der Waals surface area contributed by atoms with Crippen molar-refractivity contribution >= 4 is 5.91 Å². The number of benzene rings is 1. The van der Waals surface area contributed by atoms with Crippen LogP contribution in [0.5, 0.6) is 0 Å². The molecule has 31 heavy (non-hydrogen) atoms. The minimum absolute atomic E-state index is 0.152. The van der Waals surface area contributed by atoms with Crippen molar-refractivity contribution in [1.29, 1.82) is 5.26 Å². The van der Waals surface area contributed by atoms with Gasteiger partial charge in [-0.2, -0.15) is 5.26 Å². The Kier molecular flexibility index (Phi) is 6.96. The number of likely N-dealkylation sites (tertiary alicyclic amines) is 1. The van der Waals surface area contributed by atoms with Crippen LogP contribution in [0.4, 0.5) is 0 Å². The lowest BCUT2D eigenvalue weighted by molar-refractivity contribution is -0.134. The predicted octanol–water partition coefficient (Wildman–Crippen LogP) is 3.33. The van der Waals surface area contributed by atoms with E-state index in [-0.39, 0.29) is 18.0 Å². The van der Waals surface area contributed by atoms with Crippen molar-refractivity contribution < 1.29 is 4.79 Å². The first-order valence-corrected chi connectivity index (χ1v) is 11.3. The summed E-state index contributed by atoms with van der Waals surface area (Å²) in [6.07, 6.45) is 4.69. The van der Waals surface area contributed by atoms with Crippen molar-refractivity contribution in [2.45, 2.75) is 38.3 Å². The molecule has 2 aromatic rings. The quantitative estimate of drug-likeness (QED) is 0.721. The van der Waals surface area contributed by atoms with Gasteiger partial charge in [-0.05, 0) is 44.5 Å². The Morgan fingerprint density at radius 1 is 1.00 bits per heavy atom. The van der Waals surface area contributed by atoms with Gasteiger partial charge < -0.3 is 4.90 Å². The van der Waals surface area contributed by atoms with Gasteiger partial charge in [-0.1, -0.05) is 36.4 Å². The van der Waals surface area contributed by atoms with Gasteiger partial charge in [0, 0.05) is 56.1 Å². The molecule has 0 radical (unpaired) electrons. The van der Waals surface area contributed by atoms with E-state index in [0.29, 0.717) is 32.6 Å². The van der Waals surface area contributed by atoms with E-state index in [1.54, 1.807) is 6.20 Å². The molecular weight excluding hydrogens is 386 g/mol. The molecule has 0 aliphatic carbocycles. The second-order valence-electron chi connectivity index (χ2n) is 8.50. The summed E-state index contributed by atoms with van der Waals surface area (Å²) in [6, 6.07) is 16.6. The standard InChI is InChI=1S/C25H31N5O/c1-20-22(10-7-11-27-20)24(19-26)29-14-16-30(17-15-29)25(31)18-23(28-12-5-6-13-28)21-8-3-2-4-9-21/h2-4,7-11,23-24H,5-6,12-18H2,1H3. The molecule has 1 amide bonds. The number of hydrogen-bond donors (Lipinski definition) is 0. The largest absolute Gasteiger partial charge is 0.340 e. The molecule has 1 aromatic carbocycles. The monoisotopic (exact) mass is 417 g/mol. The van der Waals surface area contributed by atoms with Crippen LogP contribution in [0, 0.1) is 18.3 Å². The summed E-state index contributed by atoms with van der Waals surface area (Å²) < 4.78 is 0. The number of nitrogens with zero attached hydrogens (tertiary/aromatic N) is 5. The van der Waals surface area contributed by atoms with Crippen LogP contribution >= 0.6 is 0 Å². The number of pyridine rings is 1. The summed E-state index contributed by atoms with van der Waals surface area (Å²) in [6.45, 7) is 6.82. The number of hydrogen-bond acceptors (Lipinski definition) is 5. The van der Waals surface area contributed by atoms with Crippen molar-refractivity contribution in [3.63, 3.8) is 0 Å². The van der Waals surface area contributed by atoms with Crippen LogP contribution in [-0.4, -0.2) is 64.9 Å². The average Bonchev–Trinajstić information content (AvgIpc) is 3.35. The van der Waals surface area contributed by atoms with Crippen LogP contribution in [0.3, 0.4) is 0 Å². The lowest BCUT2D eigenvalue weighted by atomic mass is 10.0. The highest BCUT2D eigenvalue weighted by atomic mass is 16.2. The van der Waals surface area contributed by atoms with Gasteiger partial charge in [0.25, 0.3) is 0 Å². The zero-order valence-electron chi connectivity index (χ0n) is 18.3. The van der Waals surface area contributed by atoms with Crippen LogP contribution in [-0.2, 0) is 4.79 Å². The fourth-order valence-electron chi connectivity index (χ4n) is 4.84. The normalized spacial score (nSPS) is 19.7. The van der Waals surface area contributed by atoms with Gasteiger partial charge in [-0.25, -0.2) is 0 Å². The van der Waals surface area contributed by atoms with E-state index in [9.17, 15) is 10.1 Å². The molecule has 2 saturated heterocycles. The van der Waals surface area contributed by atoms with Crippen LogP contribution in [0.1, 0.15) is 48.2 Å². The van der Waals surface area contributed by atoms with Crippen molar-refractivity contribution in [1.82, 2.24) is 19.7 Å². The van der Waals surface area contributed by atoms with E-state index in [1.165, 1.54) is 18.4 Å². The molecule has 2 aliphatic heterocycles. The highest BCUT2D eigenvalue weighted by Crippen LogP contribution is 2.29. The fourth-order valence-corrected chi connectivity index (χ4v) is 4.84. The third-order valence-corrected chi connectivity index (χ3v) is 6.63. The van der Waals surface area contributed by atoms with E-state index in [4.69, 9.17) is 0 Å². The van der Waals surface area contributed by atoms with Gasteiger partial charge in [0.2, 0.25) is 5.91 Å². The van der Waals surface area contributed by atoms with Gasteiger partial charge in [0.05, 0.1) is 6.07 Å². The molecule has 2 aliphatic rings. The minimum atomic E-state index is -0.312. The zero-order valence-corrected chi connectivity index (χ0v) is 18.3. The topological polar surface area (TPSA) is 63.5 Å². The maximum atomic E-state index is 13.2. The van der Waals surface area contributed by atoms with Gasteiger partial charge in [0.1, 0.15) is 6.04 Å². The molecule has 2 atom stereocenters.